The van der Waals surface area contributed by atoms with Gasteiger partial charge in [0.2, 0.25) is 17.8 Å². The largest absolute Gasteiger partial charge is 0.341 e. The molecule has 2 aliphatic rings. The van der Waals surface area contributed by atoms with E-state index in [2.05, 4.69) is 97.8 Å². The lowest BCUT2D eigenvalue weighted by molar-refractivity contribution is -0.289. The SMILES string of the molecule is CCCCN(CCCC)c1nc(N(CCCC)C2CC(C)(C)N([O])C(C)(C)C2)nc(N(CCCC)C2CC(C)(C)N([O])C(C)(C)C2)n1. The van der Waals surface area contributed by atoms with Gasteiger partial charge in [0.1, 0.15) is 0 Å². The zero-order valence-corrected chi connectivity index (χ0v) is 32.4. The van der Waals surface area contributed by atoms with E-state index in [9.17, 15) is 10.4 Å². The van der Waals surface area contributed by atoms with Crippen LogP contribution in [0.4, 0.5) is 17.8 Å². The van der Waals surface area contributed by atoms with Crippen LogP contribution in [0.2, 0.25) is 0 Å². The maximum atomic E-state index is 13.4. The van der Waals surface area contributed by atoms with E-state index in [1.165, 1.54) is 10.1 Å². The Morgan fingerprint density at radius 2 is 0.787 bits per heavy atom. The van der Waals surface area contributed by atoms with Gasteiger partial charge in [0, 0.05) is 60.4 Å². The molecule has 10 heteroatoms. The maximum Gasteiger partial charge on any atom is 0.232 e. The lowest BCUT2D eigenvalue weighted by Crippen LogP contribution is -2.63. The zero-order valence-electron chi connectivity index (χ0n) is 32.4. The Bertz CT molecular complexity index is 994. The molecule has 0 unspecified atom stereocenters. The molecule has 0 aromatic carbocycles. The van der Waals surface area contributed by atoms with E-state index in [0.717, 1.165) is 121 Å². The summed E-state index contributed by atoms with van der Waals surface area (Å²) >= 11 is 0. The molecule has 3 heterocycles. The molecular weight excluding hydrogens is 588 g/mol. The van der Waals surface area contributed by atoms with Crippen LogP contribution in [-0.2, 0) is 10.4 Å². The molecule has 0 bridgehead atoms. The topological polar surface area (TPSA) is 94.7 Å². The number of anilines is 3. The highest BCUT2D eigenvalue weighted by molar-refractivity contribution is 5.48. The molecule has 270 valence electrons. The Morgan fingerprint density at radius 1 is 0.511 bits per heavy atom. The second-order valence-electron chi connectivity index (χ2n) is 17.0. The van der Waals surface area contributed by atoms with E-state index in [4.69, 9.17) is 15.0 Å². The molecule has 0 spiro atoms. The molecule has 0 amide bonds. The Hall–Kier alpha value is -1.75. The number of rotatable bonds is 17. The monoisotopic (exact) mass is 659 g/mol. The summed E-state index contributed by atoms with van der Waals surface area (Å²) in [5.74, 6) is 2.22. The van der Waals surface area contributed by atoms with Gasteiger partial charge in [0.25, 0.3) is 0 Å². The molecule has 2 saturated heterocycles. The molecule has 2 fully saturated rings. The molecule has 1 aromatic heterocycles. The Morgan fingerprint density at radius 3 is 1.09 bits per heavy atom. The minimum Gasteiger partial charge on any atom is -0.341 e. The minimum atomic E-state index is -0.500. The van der Waals surface area contributed by atoms with Crippen LogP contribution in [0, 0.1) is 0 Å². The summed E-state index contributed by atoms with van der Waals surface area (Å²) in [6, 6.07) is 0.260. The third-order valence-corrected chi connectivity index (χ3v) is 10.5. The Labute approximate surface area is 288 Å². The van der Waals surface area contributed by atoms with Crippen LogP contribution in [0.5, 0.6) is 0 Å². The molecule has 0 N–H and O–H groups in total. The summed E-state index contributed by atoms with van der Waals surface area (Å²) in [5, 5.41) is 29.4. The van der Waals surface area contributed by atoms with E-state index < -0.39 is 22.2 Å². The third-order valence-electron chi connectivity index (χ3n) is 10.5. The quantitative estimate of drug-likeness (QED) is 0.165. The molecule has 0 aliphatic carbocycles. The van der Waals surface area contributed by atoms with Gasteiger partial charge in [-0.1, -0.05) is 53.4 Å². The minimum absolute atomic E-state index is 0.130. The molecule has 2 aliphatic heterocycles. The van der Waals surface area contributed by atoms with Gasteiger partial charge in [-0.15, -0.1) is 20.5 Å². The lowest BCUT2D eigenvalue weighted by Gasteiger charge is -2.53. The van der Waals surface area contributed by atoms with E-state index in [1.54, 1.807) is 0 Å². The first-order valence-corrected chi connectivity index (χ1v) is 18.9. The fraction of sp³-hybridized carbons (Fsp3) is 0.919. The van der Waals surface area contributed by atoms with Crippen LogP contribution in [-0.4, -0.2) is 85.5 Å². The molecular formula is C37H70N8O2. The van der Waals surface area contributed by atoms with Crippen LogP contribution in [0.1, 0.15) is 160 Å². The van der Waals surface area contributed by atoms with E-state index in [0.29, 0.717) is 0 Å². The van der Waals surface area contributed by atoms with Crippen LogP contribution in [0.3, 0.4) is 0 Å². The number of hydrogen-bond donors (Lipinski definition) is 0. The zero-order chi connectivity index (χ0) is 35.2. The second-order valence-corrected chi connectivity index (χ2v) is 17.0. The first-order valence-electron chi connectivity index (χ1n) is 18.9. The number of aromatic nitrogens is 3. The van der Waals surface area contributed by atoms with Crippen molar-refractivity contribution in [3.05, 3.63) is 0 Å². The summed E-state index contributed by atoms with van der Waals surface area (Å²) in [6.07, 6.45) is 11.5. The van der Waals surface area contributed by atoms with Crippen molar-refractivity contribution in [1.29, 1.82) is 0 Å². The first-order chi connectivity index (χ1) is 21.9. The smallest absolute Gasteiger partial charge is 0.232 e. The van der Waals surface area contributed by atoms with Crippen molar-refractivity contribution in [3.63, 3.8) is 0 Å². The third kappa shape index (κ3) is 9.70. The van der Waals surface area contributed by atoms with Gasteiger partial charge in [-0.2, -0.15) is 15.0 Å². The predicted molar refractivity (Wildman–Crippen MR) is 194 cm³/mol. The van der Waals surface area contributed by atoms with E-state index >= 15 is 0 Å². The van der Waals surface area contributed by atoms with Crippen LogP contribution in [0.25, 0.3) is 0 Å². The van der Waals surface area contributed by atoms with Crippen molar-refractivity contribution in [2.75, 3.05) is 40.9 Å². The normalized spacial score (nSPS) is 21.6. The second kappa shape index (κ2) is 16.3. The number of hydrogen-bond acceptors (Lipinski definition) is 8. The highest BCUT2D eigenvalue weighted by atomic mass is 16.5. The number of nitrogens with zero attached hydrogens (tertiary/aromatic N) is 8. The standard InChI is InChI=1S/C37H70N8O2/c1-13-17-21-41(22-18-14-2)31-38-32(42(23-19-15-3)29-25-34(5,6)44(46)35(7,8)26-29)40-33(39-31)43(24-20-16-4)30-27-36(9,10)45(47)37(11,12)28-30/h29-30H,13-28H2,1-12H3. The number of unbranched alkanes of at least 4 members (excludes halogenated alkanes) is 4. The van der Waals surface area contributed by atoms with Crippen molar-refractivity contribution in [2.45, 2.75) is 194 Å². The average molecular weight is 659 g/mol. The molecule has 1 aromatic rings. The van der Waals surface area contributed by atoms with Crippen LogP contribution in [0.15, 0.2) is 0 Å². The molecule has 47 heavy (non-hydrogen) atoms. The van der Waals surface area contributed by atoms with E-state index in [1.807, 2.05) is 0 Å². The van der Waals surface area contributed by atoms with Crippen LogP contribution < -0.4 is 14.7 Å². The van der Waals surface area contributed by atoms with Gasteiger partial charge in [-0.3, -0.25) is 0 Å². The summed E-state index contributed by atoms with van der Waals surface area (Å²) in [4.78, 5) is 23.2. The highest BCUT2D eigenvalue weighted by Gasteiger charge is 2.49. The predicted octanol–water partition coefficient (Wildman–Crippen LogP) is 8.23. The fourth-order valence-corrected chi connectivity index (χ4v) is 8.16. The van der Waals surface area contributed by atoms with Crippen molar-refractivity contribution < 1.29 is 10.4 Å². The average Bonchev–Trinajstić information content (AvgIpc) is 2.98. The van der Waals surface area contributed by atoms with Crippen molar-refractivity contribution >= 4 is 17.8 Å². The Balaban J connectivity index is 2.23. The van der Waals surface area contributed by atoms with Crippen molar-refractivity contribution in [1.82, 2.24) is 25.1 Å². The Kier molecular flexibility index (Phi) is 13.8. The van der Waals surface area contributed by atoms with Gasteiger partial charge in [0.05, 0.1) is 0 Å². The maximum absolute atomic E-state index is 13.4. The van der Waals surface area contributed by atoms with Crippen molar-refractivity contribution in [3.8, 4) is 0 Å². The van der Waals surface area contributed by atoms with Gasteiger partial charge in [-0.25, -0.2) is 0 Å². The van der Waals surface area contributed by atoms with Crippen LogP contribution >= 0.6 is 0 Å². The lowest BCUT2D eigenvalue weighted by atomic mass is 9.78. The highest BCUT2D eigenvalue weighted by Crippen LogP contribution is 2.42. The number of piperidine rings is 2. The van der Waals surface area contributed by atoms with Gasteiger partial charge in [0.15, 0.2) is 0 Å². The van der Waals surface area contributed by atoms with E-state index in [-0.39, 0.29) is 12.1 Å². The molecule has 2 radical (unpaired) electrons. The molecule has 3 rings (SSSR count). The summed E-state index contributed by atoms with van der Waals surface area (Å²) in [7, 11) is 0. The van der Waals surface area contributed by atoms with Crippen molar-refractivity contribution in [2.24, 2.45) is 0 Å². The van der Waals surface area contributed by atoms with Gasteiger partial charge < -0.3 is 14.7 Å². The number of hydroxylamine groups is 4. The summed E-state index contributed by atoms with van der Waals surface area (Å²) in [5.41, 5.74) is -2.00. The molecule has 0 atom stereocenters. The summed E-state index contributed by atoms with van der Waals surface area (Å²) in [6.45, 7) is 29.0. The van der Waals surface area contributed by atoms with Gasteiger partial charge >= 0.3 is 0 Å². The first kappa shape index (κ1) is 39.7. The molecule has 0 saturated carbocycles. The van der Waals surface area contributed by atoms with Gasteiger partial charge in [-0.05, 0) is 107 Å². The summed E-state index contributed by atoms with van der Waals surface area (Å²) < 4.78 is 0. The molecule has 10 nitrogen and oxygen atoms in total. The fourth-order valence-electron chi connectivity index (χ4n) is 8.16.